The fraction of sp³-hybridized carbons (Fsp3) is 0.375. The van der Waals surface area contributed by atoms with Crippen LogP contribution in [0.15, 0.2) is 36.5 Å². The average molecular weight is 287 g/mol. The molecule has 1 aromatic heterocycles. The van der Waals surface area contributed by atoms with E-state index in [2.05, 4.69) is 18.9 Å². The monoisotopic (exact) mass is 287 g/mol. The molecule has 1 aromatic carbocycles. The molecule has 0 radical (unpaired) electrons. The van der Waals surface area contributed by atoms with E-state index in [1.807, 2.05) is 16.9 Å². The van der Waals surface area contributed by atoms with Crippen molar-refractivity contribution in [3.63, 3.8) is 0 Å². The second-order valence-corrected chi connectivity index (χ2v) is 4.96. The van der Waals surface area contributed by atoms with E-state index in [0.717, 1.165) is 18.5 Å². The van der Waals surface area contributed by atoms with E-state index in [4.69, 9.17) is 10.5 Å². The van der Waals surface area contributed by atoms with Crippen LogP contribution >= 0.6 is 0 Å². The molecule has 0 bridgehead atoms. The highest BCUT2D eigenvalue weighted by Crippen LogP contribution is 2.15. The van der Waals surface area contributed by atoms with Crippen molar-refractivity contribution in [3.8, 4) is 0 Å². The Labute approximate surface area is 124 Å². The first-order valence-corrected chi connectivity index (χ1v) is 7.20. The van der Waals surface area contributed by atoms with E-state index >= 15 is 0 Å². The molecule has 5 nitrogen and oxygen atoms in total. The van der Waals surface area contributed by atoms with Gasteiger partial charge in [0.15, 0.2) is 0 Å². The Balaban J connectivity index is 1.94. The van der Waals surface area contributed by atoms with Crippen LogP contribution in [0.1, 0.15) is 48.8 Å². The molecule has 0 unspecified atom stereocenters. The highest BCUT2D eigenvalue weighted by atomic mass is 16.5. The summed E-state index contributed by atoms with van der Waals surface area (Å²) in [7, 11) is 0. The molecule has 2 aromatic rings. The fourth-order valence-electron chi connectivity index (χ4n) is 2.16. The van der Waals surface area contributed by atoms with Crippen LogP contribution in [0.3, 0.4) is 0 Å². The topological polar surface area (TPSA) is 70.1 Å². The SMILES string of the molecule is CCC(CC)n1ccc(COC(=O)c2ccc(N)cc2)n1. The molecule has 0 aliphatic rings. The second kappa shape index (κ2) is 6.92. The minimum Gasteiger partial charge on any atom is -0.456 e. The predicted molar refractivity (Wildman–Crippen MR) is 81.8 cm³/mol. The number of hydrogen-bond donors (Lipinski definition) is 1. The summed E-state index contributed by atoms with van der Waals surface area (Å²) < 4.78 is 7.20. The van der Waals surface area contributed by atoms with Gasteiger partial charge in [0.1, 0.15) is 6.61 Å². The van der Waals surface area contributed by atoms with Crippen molar-refractivity contribution >= 4 is 11.7 Å². The van der Waals surface area contributed by atoms with Crippen molar-refractivity contribution in [1.82, 2.24) is 9.78 Å². The largest absolute Gasteiger partial charge is 0.456 e. The maximum Gasteiger partial charge on any atom is 0.338 e. The smallest absolute Gasteiger partial charge is 0.338 e. The van der Waals surface area contributed by atoms with Gasteiger partial charge in [0.25, 0.3) is 0 Å². The summed E-state index contributed by atoms with van der Waals surface area (Å²) in [5.41, 5.74) is 7.45. The molecule has 2 N–H and O–H groups in total. The number of esters is 1. The van der Waals surface area contributed by atoms with Gasteiger partial charge in [-0.05, 0) is 43.2 Å². The van der Waals surface area contributed by atoms with E-state index < -0.39 is 0 Å². The summed E-state index contributed by atoms with van der Waals surface area (Å²) in [5.74, 6) is -0.368. The van der Waals surface area contributed by atoms with Crippen LogP contribution in [-0.2, 0) is 11.3 Å². The Morgan fingerprint density at radius 1 is 1.24 bits per heavy atom. The standard InChI is InChI=1S/C16H21N3O2/c1-3-15(4-2)19-10-9-14(18-19)11-21-16(20)12-5-7-13(17)8-6-12/h5-10,15H,3-4,11,17H2,1-2H3. The lowest BCUT2D eigenvalue weighted by molar-refractivity contribution is 0.0466. The predicted octanol–water partition coefficient (Wildman–Crippen LogP) is 3.18. The minimum atomic E-state index is -0.368. The molecule has 0 aliphatic heterocycles. The summed E-state index contributed by atoms with van der Waals surface area (Å²) in [4.78, 5) is 11.9. The Kier molecular flexibility index (Phi) is 4.98. The third-order valence-corrected chi connectivity index (χ3v) is 3.48. The highest BCUT2D eigenvalue weighted by Gasteiger charge is 2.10. The lowest BCUT2D eigenvalue weighted by atomic mass is 10.2. The minimum absolute atomic E-state index is 0.177. The third-order valence-electron chi connectivity index (χ3n) is 3.48. The number of benzene rings is 1. The van der Waals surface area contributed by atoms with E-state index in [1.54, 1.807) is 24.3 Å². The summed E-state index contributed by atoms with van der Waals surface area (Å²) in [5, 5.41) is 4.45. The number of nitrogen functional groups attached to an aromatic ring is 1. The van der Waals surface area contributed by atoms with Gasteiger partial charge >= 0.3 is 5.97 Å². The summed E-state index contributed by atoms with van der Waals surface area (Å²) in [6.07, 6.45) is 4.00. The number of hydrogen-bond acceptors (Lipinski definition) is 4. The van der Waals surface area contributed by atoms with Crippen molar-refractivity contribution in [3.05, 3.63) is 47.8 Å². The van der Waals surface area contributed by atoms with Crippen molar-refractivity contribution in [2.45, 2.75) is 39.3 Å². The molecule has 0 spiro atoms. The van der Waals surface area contributed by atoms with Crippen LogP contribution in [0.5, 0.6) is 0 Å². The van der Waals surface area contributed by atoms with Crippen LogP contribution < -0.4 is 5.73 Å². The van der Waals surface area contributed by atoms with Gasteiger partial charge in [-0.25, -0.2) is 4.79 Å². The molecule has 2 rings (SSSR count). The molecule has 1 heterocycles. The molecule has 0 aliphatic carbocycles. The highest BCUT2D eigenvalue weighted by molar-refractivity contribution is 5.89. The first-order valence-electron chi connectivity index (χ1n) is 7.20. The molecule has 0 fully saturated rings. The molecule has 5 heteroatoms. The van der Waals surface area contributed by atoms with Crippen molar-refractivity contribution < 1.29 is 9.53 Å². The Morgan fingerprint density at radius 2 is 1.90 bits per heavy atom. The van der Waals surface area contributed by atoms with E-state index in [0.29, 0.717) is 17.3 Å². The molecular formula is C16H21N3O2. The zero-order valence-corrected chi connectivity index (χ0v) is 12.5. The van der Waals surface area contributed by atoms with Crippen molar-refractivity contribution in [2.24, 2.45) is 0 Å². The number of carbonyl (C=O) groups is 1. The first kappa shape index (κ1) is 15.1. The van der Waals surface area contributed by atoms with E-state index in [1.165, 1.54) is 0 Å². The molecule has 0 atom stereocenters. The average Bonchev–Trinajstić information content (AvgIpc) is 2.96. The van der Waals surface area contributed by atoms with Crippen LogP contribution in [0.2, 0.25) is 0 Å². The Hall–Kier alpha value is -2.30. The molecule has 21 heavy (non-hydrogen) atoms. The van der Waals surface area contributed by atoms with Gasteiger partial charge in [-0.3, -0.25) is 4.68 Å². The molecule has 0 saturated heterocycles. The van der Waals surface area contributed by atoms with Gasteiger partial charge in [0, 0.05) is 11.9 Å². The summed E-state index contributed by atoms with van der Waals surface area (Å²) in [6.45, 7) is 4.45. The number of nitrogens with two attached hydrogens (primary N) is 1. The number of carbonyl (C=O) groups excluding carboxylic acids is 1. The first-order chi connectivity index (χ1) is 10.1. The van der Waals surface area contributed by atoms with E-state index in [-0.39, 0.29) is 12.6 Å². The lowest BCUT2D eigenvalue weighted by Crippen LogP contribution is -2.09. The summed E-state index contributed by atoms with van der Waals surface area (Å²) >= 11 is 0. The molecule has 0 amide bonds. The van der Waals surface area contributed by atoms with Gasteiger partial charge in [0.2, 0.25) is 0 Å². The number of nitrogens with zero attached hydrogens (tertiary/aromatic N) is 2. The number of rotatable bonds is 6. The van der Waals surface area contributed by atoms with Crippen molar-refractivity contribution in [2.75, 3.05) is 5.73 Å². The number of ether oxygens (including phenoxy) is 1. The van der Waals surface area contributed by atoms with E-state index in [9.17, 15) is 4.79 Å². The Bertz CT molecular complexity index is 586. The van der Waals surface area contributed by atoms with Crippen molar-refractivity contribution in [1.29, 1.82) is 0 Å². The van der Waals surface area contributed by atoms with Gasteiger partial charge in [0.05, 0.1) is 17.3 Å². The summed E-state index contributed by atoms with van der Waals surface area (Å²) in [6, 6.07) is 8.94. The maximum absolute atomic E-state index is 11.9. The normalized spacial score (nSPS) is 10.8. The number of anilines is 1. The quantitative estimate of drug-likeness (QED) is 0.654. The molecule has 0 saturated carbocycles. The van der Waals surface area contributed by atoms with Crippen LogP contribution in [0.25, 0.3) is 0 Å². The van der Waals surface area contributed by atoms with Gasteiger partial charge < -0.3 is 10.5 Å². The second-order valence-electron chi connectivity index (χ2n) is 4.96. The third kappa shape index (κ3) is 3.84. The molecule has 112 valence electrons. The fourth-order valence-corrected chi connectivity index (χ4v) is 2.16. The maximum atomic E-state index is 11.9. The van der Waals surface area contributed by atoms with Crippen LogP contribution in [0, 0.1) is 0 Å². The zero-order chi connectivity index (χ0) is 15.2. The lowest BCUT2D eigenvalue weighted by Gasteiger charge is -2.12. The van der Waals surface area contributed by atoms with Crippen LogP contribution in [0.4, 0.5) is 5.69 Å². The van der Waals surface area contributed by atoms with Gasteiger partial charge in [-0.1, -0.05) is 13.8 Å². The van der Waals surface area contributed by atoms with Crippen LogP contribution in [-0.4, -0.2) is 15.7 Å². The van der Waals surface area contributed by atoms with Gasteiger partial charge in [-0.15, -0.1) is 0 Å². The number of aromatic nitrogens is 2. The molecular weight excluding hydrogens is 266 g/mol. The van der Waals surface area contributed by atoms with Gasteiger partial charge in [-0.2, -0.15) is 5.10 Å². The Morgan fingerprint density at radius 3 is 2.52 bits per heavy atom. The zero-order valence-electron chi connectivity index (χ0n) is 12.5.